The van der Waals surface area contributed by atoms with Crippen molar-refractivity contribution in [1.82, 2.24) is 20.6 Å². The highest BCUT2D eigenvalue weighted by atomic mass is 35.5. The summed E-state index contributed by atoms with van der Waals surface area (Å²) >= 11 is 14.2. The minimum absolute atomic E-state index is 0.00374. The second kappa shape index (κ2) is 15.1. The van der Waals surface area contributed by atoms with Gasteiger partial charge in [0.1, 0.15) is 0 Å². The molecule has 0 atom stereocenters. The van der Waals surface area contributed by atoms with Gasteiger partial charge in [-0.1, -0.05) is 84.6 Å². The van der Waals surface area contributed by atoms with Gasteiger partial charge in [-0.2, -0.15) is 0 Å². The summed E-state index contributed by atoms with van der Waals surface area (Å²) in [6.07, 6.45) is 6.54. The van der Waals surface area contributed by atoms with Crippen molar-refractivity contribution in [3.05, 3.63) is 81.8 Å². The number of benzene rings is 2. The zero-order valence-corrected chi connectivity index (χ0v) is 29.1. The Morgan fingerprint density at radius 3 is 1.35 bits per heavy atom. The SMILES string of the molecule is COc1nc(-c2cccc(-c3cccc(-c4ccc(CNCC5(CO)CCC5)c(OC)n4)c3Cl)c2Cl)ccc1CNCC1(CO)CCC1. The number of aromatic nitrogens is 2. The highest BCUT2D eigenvalue weighted by Gasteiger charge is 2.36. The van der Waals surface area contributed by atoms with Crippen LogP contribution < -0.4 is 20.1 Å². The molecule has 6 rings (SSSR count). The number of aliphatic hydroxyl groups is 2. The van der Waals surface area contributed by atoms with Gasteiger partial charge in [-0.3, -0.25) is 0 Å². The molecule has 0 amide bonds. The Kier molecular flexibility index (Phi) is 10.9. The van der Waals surface area contributed by atoms with Crippen LogP contribution >= 0.6 is 23.2 Å². The van der Waals surface area contributed by atoms with Crippen molar-refractivity contribution in [2.24, 2.45) is 10.8 Å². The number of nitrogens with zero attached hydrogens (tertiary/aromatic N) is 2. The Labute approximate surface area is 292 Å². The molecular weight excluding hydrogens is 647 g/mol. The molecule has 2 heterocycles. The Morgan fingerprint density at radius 2 is 1.02 bits per heavy atom. The van der Waals surface area contributed by atoms with Gasteiger partial charge in [-0.15, -0.1) is 0 Å². The molecule has 4 aromatic rings. The number of halogens is 2. The third-order valence-corrected chi connectivity index (χ3v) is 11.0. The molecule has 2 fully saturated rings. The first-order valence-corrected chi connectivity index (χ1v) is 17.4. The lowest BCUT2D eigenvalue weighted by molar-refractivity contribution is 0.0444. The second-order valence-electron chi connectivity index (χ2n) is 13.3. The maximum Gasteiger partial charge on any atom is 0.218 e. The van der Waals surface area contributed by atoms with E-state index in [1.54, 1.807) is 14.2 Å². The van der Waals surface area contributed by atoms with Gasteiger partial charge in [0.2, 0.25) is 11.8 Å². The van der Waals surface area contributed by atoms with Crippen LogP contribution in [0.2, 0.25) is 10.0 Å². The van der Waals surface area contributed by atoms with Crippen molar-refractivity contribution in [2.75, 3.05) is 40.5 Å². The van der Waals surface area contributed by atoms with Crippen LogP contribution in [-0.4, -0.2) is 60.7 Å². The third kappa shape index (κ3) is 7.06. The number of rotatable bonds is 15. The molecule has 0 radical (unpaired) electrons. The predicted molar refractivity (Wildman–Crippen MR) is 192 cm³/mol. The zero-order chi connectivity index (χ0) is 33.7. The van der Waals surface area contributed by atoms with Crippen molar-refractivity contribution in [1.29, 1.82) is 0 Å². The first-order chi connectivity index (χ1) is 23.3. The van der Waals surface area contributed by atoms with Crippen molar-refractivity contribution in [3.63, 3.8) is 0 Å². The van der Waals surface area contributed by atoms with Crippen molar-refractivity contribution in [3.8, 4) is 45.4 Å². The van der Waals surface area contributed by atoms with E-state index in [9.17, 15) is 10.2 Å². The normalized spacial score (nSPS) is 16.2. The van der Waals surface area contributed by atoms with Crippen LogP contribution in [-0.2, 0) is 13.1 Å². The van der Waals surface area contributed by atoms with E-state index in [-0.39, 0.29) is 24.0 Å². The van der Waals surface area contributed by atoms with Gasteiger partial charge in [-0.05, 0) is 37.8 Å². The van der Waals surface area contributed by atoms with Gasteiger partial charge in [0.25, 0.3) is 0 Å². The molecule has 254 valence electrons. The maximum absolute atomic E-state index is 9.80. The van der Waals surface area contributed by atoms with Gasteiger partial charge in [-0.25, -0.2) is 9.97 Å². The van der Waals surface area contributed by atoms with E-state index in [0.29, 0.717) is 46.3 Å². The number of nitrogens with one attached hydrogen (secondary N) is 2. The molecule has 2 aromatic heterocycles. The summed E-state index contributed by atoms with van der Waals surface area (Å²) in [7, 11) is 3.24. The zero-order valence-electron chi connectivity index (χ0n) is 27.6. The third-order valence-electron chi connectivity index (χ3n) is 10.2. The first-order valence-electron chi connectivity index (χ1n) is 16.6. The van der Waals surface area contributed by atoms with Gasteiger partial charge < -0.3 is 30.3 Å². The second-order valence-corrected chi connectivity index (χ2v) is 14.1. The monoisotopic (exact) mass is 690 g/mol. The number of hydrogen-bond acceptors (Lipinski definition) is 8. The number of ether oxygens (including phenoxy) is 2. The summed E-state index contributed by atoms with van der Waals surface area (Å²) < 4.78 is 11.4. The minimum atomic E-state index is -0.00374. The number of methoxy groups -OCH3 is 2. The van der Waals surface area contributed by atoms with Crippen LogP contribution in [0.1, 0.15) is 49.7 Å². The largest absolute Gasteiger partial charge is 0.481 e. The van der Waals surface area contributed by atoms with Gasteiger partial charge in [0.15, 0.2) is 0 Å². The molecule has 10 heteroatoms. The molecule has 8 nitrogen and oxygen atoms in total. The van der Waals surface area contributed by atoms with Crippen LogP contribution in [0.15, 0.2) is 60.7 Å². The van der Waals surface area contributed by atoms with E-state index in [1.807, 2.05) is 60.7 Å². The summed E-state index contributed by atoms with van der Waals surface area (Å²) in [4.78, 5) is 9.64. The smallest absolute Gasteiger partial charge is 0.218 e. The van der Waals surface area contributed by atoms with Crippen molar-refractivity contribution in [2.45, 2.75) is 51.6 Å². The van der Waals surface area contributed by atoms with Crippen LogP contribution in [0.25, 0.3) is 33.6 Å². The Morgan fingerprint density at radius 1 is 0.625 bits per heavy atom. The molecule has 2 aromatic carbocycles. The average molecular weight is 692 g/mol. The van der Waals surface area contributed by atoms with Crippen LogP contribution in [0.5, 0.6) is 11.8 Å². The van der Waals surface area contributed by atoms with E-state index in [4.69, 9.17) is 42.6 Å². The molecule has 4 N–H and O–H groups in total. The summed E-state index contributed by atoms with van der Waals surface area (Å²) in [5, 5.41) is 27.6. The summed E-state index contributed by atoms with van der Waals surface area (Å²) in [5.41, 5.74) is 6.35. The van der Waals surface area contributed by atoms with Crippen LogP contribution in [0, 0.1) is 10.8 Å². The molecule has 0 aliphatic heterocycles. The molecule has 2 saturated carbocycles. The lowest BCUT2D eigenvalue weighted by Crippen LogP contribution is -2.42. The van der Waals surface area contributed by atoms with Crippen molar-refractivity contribution >= 4 is 23.2 Å². The van der Waals surface area contributed by atoms with Gasteiger partial charge >= 0.3 is 0 Å². The van der Waals surface area contributed by atoms with Crippen LogP contribution in [0.3, 0.4) is 0 Å². The lowest BCUT2D eigenvalue weighted by atomic mass is 9.69. The minimum Gasteiger partial charge on any atom is -0.481 e. The first kappa shape index (κ1) is 34.6. The predicted octanol–water partition coefficient (Wildman–Crippen LogP) is 7.31. The number of aliphatic hydroxyl groups excluding tert-OH is 2. The molecule has 2 aliphatic rings. The van der Waals surface area contributed by atoms with Crippen LogP contribution in [0.4, 0.5) is 0 Å². The Balaban J connectivity index is 1.22. The van der Waals surface area contributed by atoms with E-state index < -0.39 is 0 Å². The lowest BCUT2D eigenvalue weighted by Gasteiger charge is -2.40. The highest BCUT2D eigenvalue weighted by molar-refractivity contribution is 6.39. The summed E-state index contributed by atoms with van der Waals surface area (Å²) in [6, 6.07) is 19.6. The standard InChI is InChI=1S/C38H44Cl2N4O4/c1-47-35-25(19-41-21-37(23-45)15-5-16-37)11-13-31(43-35)29-9-3-7-27(33(29)39)28-8-4-10-30(34(28)40)32-14-12-26(36(44-32)48-2)20-42-22-38(24-46)17-6-18-38/h3-4,7-14,41-42,45-46H,5-6,15-24H2,1-2H3. The molecule has 2 aliphatic carbocycles. The van der Waals surface area contributed by atoms with E-state index in [2.05, 4.69) is 10.6 Å². The number of pyridine rings is 2. The average Bonchev–Trinajstić information content (AvgIpc) is 3.08. The number of hydrogen-bond donors (Lipinski definition) is 4. The highest BCUT2D eigenvalue weighted by Crippen LogP contribution is 2.43. The molecular formula is C38H44Cl2N4O4. The van der Waals surface area contributed by atoms with Gasteiger partial charge in [0.05, 0.1) is 35.7 Å². The van der Waals surface area contributed by atoms with E-state index >= 15 is 0 Å². The maximum atomic E-state index is 9.80. The molecule has 0 unspecified atom stereocenters. The van der Waals surface area contributed by atoms with E-state index in [0.717, 1.165) is 72.2 Å². The molecule has 48 heavy (non-hydrogen) atoms. The van der Waals surface area contributed by atoms with Gasteiger partial charge in [0, 0.05) is 83.6 Å². The Bertz CT molecular complexity index is 1600. The molecule has 0 bridgehead atoms. The quantitative estimate of drug-likeness (QED) is 0.103. The Hall–Kier alpha value is -3.24. The summed E-state index contributed by atoms with van der Waals surface area (Å²) in [5.74, 6) is 1.06. The molecule has 0 saturated heterocycles. The van der Waals surface area contributed by atoms with Crippen molar-refractivity contribution < 1.29 is 19.7 Å². The fraction of sp³-hybridized carbons (Fsp3) is 0.421. The van der Waals surface area contributed by atoms with E-state index in [1.165, 1.54) is 12.8 Å². The fourth-order valence-electron chi connectivity index (χ4n) is 6.80. The fourth-order valence-corrected chi connectivity index (χ4v) is 7.45. The molecule has 0 spiro atoms. The topological polar surface area (TPSA) is 109 Å². The summed E-state index contributed by atoms with van der Waals surface area (Å²) in [6.45, 7) is 3.12.